The Morgan fingerprint density at radius 1 is 0.903 bits per heavy atom. The largest absolute Gasteiger partial charge is 0.314 e. The van der Waals surface area contributed by atoms with Crippen LogP contribution >= 0.6 is 0 Å². The summed E-state index contributed by atoms with van der Waals surface area (Å²) in [7, 11) is -3.95. The molecule has 4 nitrogen and oxygen atoms in total. The van der Waals surface area contributed by atoms with Crippen LogP contribution < -0.4 is 4.90 Å². The third-order valence-electron chi connectivity index (χ3n) is 5.64. The molecule has 0 atom stereocenters. The lowest BCUT2D eigenvalue weighted by Crippen LogP contribution is -2.26. The van der Waals surface area contributed by atoms with Gasteiger partial charge in [0.25, 0.3) is 0 Å². The Morgan fingerprint density at radius 2 is 1.58 bits per heavy atom. The van der Waals surface area contributed by atoms with E-state index in [0.29, 0.717) is 17.2 Å². The number of aryl methyl sites for hydroxylation is 2. The number of hydrogen-bond acceptors (Lipinski definition) is 4. The molecule has 1 aliphatic rings. The van der Waals surface area contributed by atoms with Gasteiger partial charge in [-0.25, -0.2) is 8.42 Å². The predicted octanol–water partition coefficient (Wildman–Crippen LogP) is 6.08. The molecule has 1 aliphatic heterocycles. The molecule has 0 N–H and O–H groups in total. The molecule has 0 amide bonds. The molecule has 0 aromatic heterocycles. The maximum absolute atomic E-state index is 13.4. The quantitative estimate of drug-likeness (QED) is 0.470. The van der Waals surface area contributed by atoms with Crippen molar-refractivity contribution in [2.75, 3.05) is 4.90 Å². The fourth-order valence-corrected chi connectivity index (χ4v) is 5.41. The van der Waals surface area contributed by atoms with E-state index in [1.807, 2.05) is 50.2 Å². The molecule has 0 spiro atoms. The molecular weight excluding hydrogens is 406 g/mol. The monoisotopic (exact) mass is 431 g/mol. The van der Waals surface area contributed by atoms with Crippen molar-refractivity contribution in [3.63, 3.8) is 0 Å². The van der Waals surface area contributed by atoms with Gasteiger partial charge in [-0.2, -0.15) is 0 Å². The Hall–Kier alpha value is -3.18. The molecule has 158 valence electrons. The summed E-state index contributed by atoms with van der Waals surface area (Å²) in [6.45, 7) is 8.01. The number of anilines is 2. The smallest absolute Gasteiger partial charge is 0.214 e. The number of rotatable bonds is 4. The normalized spacial score (nSPS) is 14.9. The van der Waals surface area contributed by atoms with Gasteiger partial charge in [0, 0.05) is 17.5 Å². The number of nitrogens with zero attached hydrogens (tertiary/aromatic N) is 1. The summed E-state index contributed by atoms with van der Waals surface area (Å²) in [6.07, 6.45) is 1.46. The lowest BCUT2D eigenvalue weighted by Gasteiger charge is -2.29. The number of hydrogen-bond donors (Lipinski definition) is 0. The Labute approximate surface area is 183 Å². The second-order valence-corrected chi connectivity index (χ2v) is 10.1. The number of para-hydroxylation sites is 1. The minimum Gasteiger partial charge on any atom is -0.314 e. The van der Waals surface area contributed by atoms with E-state index in [9.17, 15) is 13.2 Å². The molecular formula is C26H25NO3S. The molecule has 3 aromatic rings. The van der Waals surface area contributed by atoms with Crippen LogP contribution in [-0.2, 0) is 9.84 Å². The molecule has 1 heterocycles. The standard InChI is InChI=1S/C26H25NO3S/c1-17(2)20-10-12-21(13-11-20)27-16-25(26(28)22-14-9-18(3)15-19(22)4)31(29,30)24-8-6-5-7-23(24)27/h5-17H,1-4H3. The van der Waals surface area contributed by atoms with Crippen LogP contribution in [0.25, 0.3) is 0 Å². The van der Waals surface area contributed by atoms with Crippen molar-refractivity contribution < 1.29 is 13.2 Å². The van der Waals surface area contributed by atoms with Crippen LogP contribution in [0, 0.1) is 13.8 Å². The second-order valence-electron chi connectivity index (χ2n) is 8.23. The highest BCUT2D eigenvalue weighted by Gasteiger charge is 2.36. The number of benzene rings is 3. The van der Waals surface area contributed by atoms with Gasteiger partial charge < -0.3 is 4.90 Å². The lowest BCUT2D eigenvalue weighted by atomic mass is 10.0. The summed E-state index contributed by atoms with van der Waals surface area (Å²) in [5.41, 5.74) is 4.71. The van der Waals surface area contributed by atoms with E-state index in [1.54, 1.807) is 35.2 Å². The van der Waals surface area contributed by atoms with Crippen molar-refractivity contribution in [3.05, 3.63) is 100 Å². The van der Waals surface area contributed by atoms with Crippen molar-refractivity contribution in [2.45, 2.75) is 38.5 Å². The zero-order chi connectivity index (χ0) is 22.3. The van der Waals surface area contributed by atoms with Crippen LogP contribution in [0.4, 0.5) is 11.4 Å². The van der Waals surface area contributed by atoms with E-state index in [1.165, 1.54) is 11.8 Å². The van der Waals surface area contributed by atoms with Crippen molar-refractivity contribution in [1.82, 2.24) is 0 Å². The first-order chi connectivity index (χ1) is 14.7. The highest BCUT2D eigenvalue weighted by atomic mass is 32.2. The molecule has 3 aromatic carbocycles. The highest BCUT2D eigenvalue weighted by molar-refractivity contribution is 7.96. The van der Waals surface area contributed by atoms with Crippen LogP contribution in [-0.4, -0.2) is 14.2 Å². The first-order valence-electron chi connectivity index (χ1n) is 10.3. The molecule has 0 aliphatic carbocycles. The zero-order valence-corrected chi connectivity index (χ0v) is 18.9. The fourth-order valence-electron chi connectivity index (χ4n) is 3.87. The van der Waals surface area contributed by atoms with E-state index in [0.717, 1.165) is 16.8 Å². The molecule has 0 saturated heterocycles. The Bertz CT molecular complexity index is 1300. The summed E-state index contributed by atoms with van der Waals surface area (Å²) < 4.78 is 26.8. The van der Waals surface area contributed by atoms with Crippen molar-refractivity contribution in [3.8, 4) is 0 Å². The molecule has 0 bridgehead atoms. The van der Waals surface area contributed by atoms with Gasteiger partial charge in [-0.1, -0.05) is 61.9 Å². The van der Waals surface area contributed by atoms with Gasteiger partial charge in [0.1, 0.15) is 4.91 Å². The van der Waals surface area contributed by atoms with Crippen LogP contribution in [0.1, 0.15) is 46.8 Å². The summed E-state index contributed by atoms with van der Waals surface area (Å²) in [4.78, 5) is 15.1. The average molecular weight is 432 g/mol. The minimum atomic E-state index is -3.95. The number of carbonyl (C=O) groups is 1. The fraction of sp³-hybridized carbons (Fsp3) is 0.192. The zero-order valence-electron chi connectivity index (χ0n) is 18.1. The molecule has 4 rings (SSSR count). The van der Waals surface area contributed by atoms with Crippen molar-refractivity contribution in [1.29, 1.82) is 0 Å². The maximum Gasteiger partial charge on any atom is 0.214 e. The van der Waals surface area contributed by atoms with Crippen LogP contribution in [0.2, 0.25) is 0 Å². The van der Waals surface area contributed by atoms with Gasteiger partial charge in [-0.05, 0) is 55.2 Å². The topological polar surface area (TPSA) is 54.5 Å². The van der Waals surface area contributed by atoms with E-state index in [4.69, 9.17) is 0 Å². The maximum atomic E-state index is 13.4. The third-order valence-corrected chi connectivity index (χ3v) is 7.43. The number of sulfone groups is 1. The average Bonchev–Trinajstić information content (AvgIpc) is 2.74. The number of ketones is 1. The number of carbonyl (C=O) groups excluding carboxylic acids is 1. The van der Waals surface area contributed by atoms with Gasteiger partial charge in [0.05, 0.1) is 10.6 Å². The van der Waals surface area contributed by atoms with Crippen molar-refractivity contribution in [2.24, 2.45) is 0 Å². The molecule has 0 saturated carbocycles. The Morgan fingerprint density at radius 3 is 2.23 bits per heavy atom. The summed E-state index contributed by atoms with van der Waals surface area (Å²) >= 11 is 0. The second kappa shape index (κ2) is 7.82. The molecule has 5 heteroatoms. The summed E-state index contributed by atoms with van der Waals surface area (Å²) in [6, 6.07) is 20.2. The lowest BCUT2D eigenvalue weighted by molar-refractivity contribution is 0.104. The first-order valence-corrected chi connectivity index (χ1v) is 11.8. The van der Waals surface area contributed by atoms with Gasteiger partial charge in [-0.15, -0.1) is 0 Å². The Balaban J connectivity index is 1.89. The van der Waals surface area contributed by atoms with Gasteiger partial charge >= 0.3 is 0 Å². The minimum absolute atomic E-state index is 0.138. The highest BCUT2D eigenvalue weighted by Crippen LogP contribution is 2.40. The molecule has 0 fully saturated rings. The van der Waals surface area contributed by atoms with E-state index in [-0.39, 0.29) is 9.80 Å². The number of Topliss-reactive ketones (excluding diaryl/α,β-unsaturated/α-hetero) is 1. The predicted molar refractivity (Wildman–Crippen MR) is 125 cm³/mol. The van der Waals surface area contributed by atoms with Gasteiger partial charge in [0.2, 0.25) is 15.6 Å². The summed E-state index contributed by atoms with van der Waals surface area (Å²) in [5.74, 6) is -0.101. The first kappa shape index (κ1) is 21.1. The summed E-state index contributed by atoms with van der Waals surface area (Å²) in [5, 5.41) is 0. The molecule has 0 unspecified atom stereocenters. The SMILES string of the molecule is Cc1ccc(C(=O)C2=CN(c3ccc(C(C)C)cc3)c3ccccc3S2(=O)=O)c(C)c1. The van der Waals surface area contributed by atoms with Crippen LogP contribution in [0.15, 0.2) is 82.7 Å². The Kier molecular flexibility index (Phi) is 5.31. The number of fused-ring (bicyclic) bond motifs is 1. The van der Waals surface area contributed by atoms with Crippen LogP contribution in [0.5, 0.6) is 0 Å². The van der Waals surface area contributed by atoms with Gasteiger partial charge in [-0.3, -0.25) is 4.79 Å². The molecule has 0 radical (unpaired) electrons. The van der Waals surface area contributed by atoms with E-state index >= 15 is 0 Å². The van der Waals surface area contributed by atoms with Crippen molar-refractivity contribution >= 4 is 27.0 Å². The van der Waals surface area contributed by atoms with Gasteiger partial charge in [0.15, 0.2) is 0 Å². The molecule has 31 heavy (non-hydrogen) atoms. The third kappa shape index (κ3) is 3.70. The van der Waals surface area contributed by atoms with E-state index in [2.05, 4.69) is 13.8 Å². The number of allylic oxidation sites excluding steroid dienone is 1. The van der Waals surface area contributed by atoms with Crippen LogP contribution in [0.3, 0.4) is 0 Å². The van der Waals surface area contributed by atoms with E-state index < -0.39 is 15.6 Å².